The zero-order valence-corrected chi connectivity index (χ0v) is 13.0. The molecule has 2 aliphatic heterocycles. The van der Waals surface area contributed by atoms with Gasteiger partial charge in [-0.3, -0.25) is 4.90 Å². The topological polar surface area (TPSA) is 75.4 Å². The van der Waals surface area contributed by atoms with Crippen LogP contribution in [0, 0.1) is 0 Å². The zero-order chi connectivity index (χ0) is 14.2. The van der Waals surface area contributed by atoms with Gasteiger partial charge in [-0.25, -0.2) is 13.1 Å². The van der Waals surface area contributed by atoms with Gasteiger partial charge in [0.05, 0.1) is 0 Å². The molecule has 7 heteroatoms. The van der Waals surface area contributed by atoms with Gasteiger partial charge in [-0.1, -0.05) is 6.42 Å². The molecule has 2 aliphatic rings. The summed E-state index contributed by atoms with van der Waals surface area (Å²) in [7, 11) is -3.40. The van der Waals surface area contributed by atoms with E-state index in [0.29, 0.717) is 16.8 Å². The van der Waals surface area contributed by atoms with Gasteiger partial charge >= 0.3 is 0 Å². The van der Waals surface area contributed by atoms with Gasteiger partial charge in [0.25, 0.3) is 0 Å². The quantitative estimate of drug-likeness (QED) is 0.873. The van der Waals surface area contributed by atoms with Gasteiger partial charge in [0.15, 0.2) is 0 Å². The van der Waals surface area contributed by atoms with E-state index in [1.807, 2.05) is 0 Å². The second kappa shape index (κ2) is 5.73. The molecule has 112 valence electrons. The van der Waals surface area contributed by atoms with Crippen LogP contribution < -0.4 is 10.5 Å². The Morgan fingerprint density at radius 1 is 1.30 bits per heavy atom. The lowest BCUT2D eigenvalue weighted by atomic mass is 10.00. The molecule has 5 nitrogen and oxygen atoms in total. The molecular formula is C13H21N3O2S2. The van der Waals surface area contributed by atoms with Crippen molar-refractivity contribution in [2.45, 2.75) is 48.5 Å². The number of hydrogen-bond donors (Lipinski definition) is 2. The Labute approximate surface area is 124 Å². The van der Waals surface area contributed by atoms with Crippen molar-refractivity contribution in [2.75, 3.05) is 13.1 Å². The van der Waals surface area contributed by atoms with Gasteiger partial charge < -0.3 is 5.73 Å². The van der Waals surface area contributed by atoms with Crippen LogP contribution in [0.1, 0.15) is 30.6 Å². The summed E-state index contributed by atoms with van der Waals surface area (Å²) < 4.78 is 28.2. The maximum absolute atomic E-state index is 12.4. The second-order valence-corrected chi connectivity index (χ2v) is 8.65. The fourth-order valence-corrected chi connectivity index (χ4v) is 5.81. The fourth-order valence-electron chi connectivity index (χ4n) is 3.25. The van der Waals surface area contributed by atoms with E-state index in [1.54, 1.807) is 12.1 Å². The molecule has 1 aromatic heterocycles. The Balaban J connectivity index is 1.73. The molecule has 0 spiro atoms. The van der Waals surface area contributed by atoms with Crippen LogP contribution >= 0.6 is 11.3 Å². The second-order valence-electron chi connectivity index (χ2n) is 5.54. The molecule has 0 bridgehead atoms. The molecule has 0 aliphatic carbocycles. The van der Waals surface area contributed by atoms with E-state index in [4.69, 9.17) is 5.73 Å². The number of sulfonamides is 1. The van der Waals surface area contributed by atoms with Crippen molar-refractivity contribution >= 4 is 21.4 Å². The van der Waals surface area contributed by atoms with Crippen LogP contribution in [-0.2, 0) is 16.6 Å². The molecule has 0 radical (unpaired) electrons. The zero-order valence-electron chi connectivity index (χ0n) is 11.4. The van der Waals surface area contributed by atoms with Crippen molar-refractivity contribution in [2.24, 2.45) is 5.73 Å². The molecule has 3 N–H and O–H groups in total. The molecule has 2 saturated heterocycles. The van der Waals surface area contributed by atoms with E-state index in [0.717, 1.165) is 30.8 Å². The van der Waals surface area contributed by atoms with Crippen molar-refractivity contribution < 1.29 is 8.42 Å². The summed E-state index contributed by atoms with van der Waals surface area (Å²) in [5.41, 5.74) is 5.55. The summed E-state index contributed by atoms with van der Waals surface area (Å²) in [6.07, 6.45) is 4.46. The number of fused-ring (bicyclic) bond motifs is 1. The lowest BCUT2D eigenvalue weighted by Crippen LogP contribution is -2.46. The standard InChI is InChI=1S/C13H21N3O2S2/c14-9-10-4-5-13(19-10)20(17,18)15-11-6-8-16-7-2-1-3-12(11)16/h4-5,11-12,15H,1-3,6-9,14H2. The van der Waals surface area contributed by atoms with E-state index >= 15 is 0 Å². The van der Waals surface area contributed by atoms with Crippen molar-refractivity contribution in [1.82, 2.24) is 9.62 Å². The van der Waals surface area contributed by atoms with Crippen LogP contribution in [0.15, 0.2) is 16.3 Å². The third kappa shape index (κ3) is 2.78. The minimum atomic E-state index is -3.40. The average Bonchev–Trinajstić information content (AvgIpc) is 3.06. The first-order valence-electron chi connectivity index (χ1n) is 7.15. The smallest absolute Gasteiger partial charge is 0.250 e. The summed E-state index contributed by atoms with van der Waals surface area (Å²) in [6.45, 7) is 2.51. The summed E-state index contributed by atoms with van der Waals surface area (Å²) >= 11 is 1.26. The fraction of sp³-hybridized carbons (Fsp3) is 0.692. The lowest BCUT2D eigenvalue weighted by molar-refractivity contribution is 0.186. The number of rotatable bonds is 4. The molecule has 1 aromatic rings. The monoisotopic (exact) mass is 315 g/mol. The summed E-state index contributed by atoms with van der Waals surface area (Å²) in [4.78, 5) is 3.33. The van der Waals surface area contributed by atoms with E-state index in [1.165, 1.54) is 24.2 Å². The molecule has 2 atom stereocenters. The molecule has 3 rings (SSSR count). The highest BCUT2D eigenvalue weighted by molar-refractivity contribution is 7.91. The third-order valence-corrected chi connectivity index (χ3v) is 7.35. The minimum Gasteiger partial charge on any atom is -0.326 e. The normalized spacial score (nSPS) is 27.6. The van der Waals surface area contributed by atoms with Crippen molar-refractivity contribution in [3.05, 3.63) is 17.0 Å². The highest BCUT2D eigenvalue weighted by atomic mass is 32.2. The van der Waals surface area contributed by atoms with Gasteiger partial charge in [0.2, 0.25) is 10.0 Å². The predicted molar refractivity (Wildman–Crippen MR) is 80.1 cm³/mol. The molecule has 0 aromatic carbocycles. The summed E-state index contributed by atoms with van der Waals surface area (Å²) in [5, 5.41) is 0. The van der Waals surface area contributed by atoms with Crippen LogP contribution in [0.3, 0.4) is 0 Å². The van der Waals surface area contributed by atoms with Crippen molar-refractivity contribution in [3.8, 4) is 0 Å². The van der Waals surface area contributed by atoms with Crippen LogP contribution in [0.2, 0.25) is 0 Å². The Morgan fingerprint density at radius 3 is 2.90 bits per heavy atom. The van der Waals surface area contributed by atoms with E-state index in [9.17, 15) is 8.42 Å². The minimum absolute atomic E-state index is 0.0590. The van der Waals surface area contributed by atoms with Crippen LogP contribution in [0.5, 0.6) is 0 Å². The van der Waals surface area contributed by atoms with Crippen molar-refractivity contribution in [1.29, 1.82) is 0 Å². The lowest BCUT2D eigenvalue weighted by Gasteiger charge is -2.32. The Morgan fingerprint density at radius 2 is 2.15 bits per heavy atom. The molecule has 0 amide bonds. The first-order valence-corrected chi connectivity index (χ1v) is 9.45. The molecular weight excluding hydrogens is 294 g/mol. The third-order valence-electron chi connectivity index (χ3n) is 4.27. The number of thiophene rings is 1. The van der Waals surface area contributed by atoms with Crippen LogP contribution in [0.4, 0.5) is 0 Å². The van der Waals surface area contributed by atoms with Gasteiger partial charge in [-0.05, 0) is 37.9 Å². The SMILES string of the molecule is NCc1ccc(S(=O)(=O)NC2CCN3CCCCC23)s1. The highest BCUT2D eigenvalue weighted by Crippen LogP contribution is 2.29. The summed E-state index contributed by atoms with van der Waals surface area (Å²) in [5.74, 6) is 0. The Bertz CT molecular complexity index is 570. The van der Waals surface area contributed by atoms with Gasteiger partial charge in [0, 0.05) is 30.1 Å². The van der Waals surface area contributed by atoms with E-state index in [2.05, 4.69) is 9.62 Å². The maximum atomic E-state index is 12.4. The first-order chi connectivity index (χ1) is 9.60. The number of nitrogens with zero attached hydrogens (tertiary/aromatic N) is 1. The molecule has 20 heavy (non-hydrogen) atoms. The number of hydrogen-bond acceptors (Lipinski definition) is 5. The maximum Gasteiger partial charge on any atom is 0.250 e. The number of nitrogens with one attached hydrogen (secondary N) is 1. The molecule has 3 heterocycles. The Kier molecular flexibility index (Phi) is 4.14. The number of piperidine rings is 1. The van der Waals surface area contributed by atoms with Crippen LogP contribution in [0.25, 0.3) is 0 Å². The highest BCUT2D eigenvalue weighted by Gasteiger charge is 2.37. The van der Waals surface area contributed by atoms with E-state index < -0.39 is 10.0 Å². The molecule has 0 saturated carbocycles. The van der Waals surface area contributed by atoms with Gasteiger partial charge in [-0.2, -0.15) is 0 Å². The predicted octanol–water partition coefficient (Wildman–Crippen LogP) is 1.11. The van der Waals surface area contributed by atoms with Gasteiger partial charge in [0.1, 0.15) is 4.21 Å². The first kappa shape index (κ1) is 14.5. The largest absolute Gasteiger partial charge is 0.326 e. The molecule has 2 unspecified atom stereocenters. The Hall–Kier alpha value is -0.470. The van der Waals surface area contributed by atoms with Crippen LogP contribution in [-0.4, -0.2) is 38.5 Å². The summed E-state index contributed by atoms with van der Waals surface area (Å²) in [6, 6.07) is 3.89. The number of nitrogens with two attached hydrogens (primary N) is 1. The van der Waals surface area contributed by atoms with Gasteiger partial charge in [-0.15, -0.1) is 11.3 Å². The molecule has 2 fully saturated rings. The average molecular weight is 315 g/mol. The van der Waals surface area contributed by atoms with E-state index in [-0.39, 0.29) is 6.04 Å². The van der Waals surface area contributed by atoms with Crippen molar-refractivity contribution in [3.63, 3.8) is 0 Å².